The number of pyridine rings is 1. The van der Waals surface area contributed by atoms with Crippen molar-refractivity contribution in [2.45, 2.75) is 71.8 Å². The molecule has 1 atom stereocenters. The van der Waals surface area contributed by atoms with E-state index in [0.717, 1.165) is 36.6 Å². The van der Waals surface area contributed by atoms with Gasteiger partial charge in [0.25, 0.3) is 5.97 Å². The Morgan fingerprint density at radius 2 is 1.84 bits per heavy atom. The van der Waals surface area contributed by atoms with Gasteiger partial charge < -0.3 is 14.6 Å². The van der Waals surface area contributed by atoms with Gasteiger partial charge in [-0.25, -0.2) is 9.37 Å². The second-order valence-corrected chi connectivity index (χ2v) is 10.7. The minimum absolute atomic E-state index is 0.168. The number of hydrogen-bond donors (Lipinski definition) is 1. The Morgan fingerprint density at radius 3 is 2.54 bits per heavy atom. The van der Waals surface area contributed by atoms with Crippen LogP contribution in [0.3, 0.4) is 0 Å². The number of rotatable bonds is 6. The van der Waals surface area contributed by atoms with Crippen LogP contribution in [0, 0.1) is 11.2 Å². The third-order valence-corrected chi connectivity index (χ3v) is 7.55. The molecule has 1 heterocycles. The molecule has 0 saturated heterocycles. The van der Waals surface area contributed by atoms with E-state index < -0.39 is 5.97 Å². The average molecular weight is 506 g/mol. The Labute approximate surface area is 218 Å². The maximum Gasteiger partial charge on any atom is 0.300 e. The molecular weight excluding hydrogens is 469 g/mol. The van der Waals surface area contributed by atoms with E-state index in [1.807, 2.05) is 6.07 Å². The molecule has 2 aromatic carbocycles. The second kappa shape index (κ2) is 11.3. The van der Waals surface area contributed by atoms with E-state index in [-0.39, 0.29) is 11.2 Å². The zero-order valence-corrected chi connectivity index (χ0v) is 22.1. The quantitative estimate of drug-likeness (QED) is 0.379. The Hall–Kier alpha value is -3.41. The van der Waals surface area contributed by atoms with Gasteiger partial charge in [-0.15, -0.1) is 0 Å². The minimum Gasteiger partial charge on any atom is -0.489 e. The molecule has 3 aromatic rings. The monoisotopic (exact) mass is 505 g/mol. The second-order valence-electron chi connectivity index (χ2n) is 10.7. The number of aryl methyl sites for hydroxylation is 2. The molecule has 37 heavy (non-hydrogen) atoms. The normalized spacial score (nSPS) is 17.5. The topological polar surface area (TPSA) is 68.7 Å². The molecule has 1 saturated carbocycles. The molecule has 1 fully saturated rings. The van der Waals surface area contributed by atoms with Crippen LogP contribution in [0.15, 0.2) is 48.7 Å². The summed E-state index contributed by atoms with van der Waals surface area (Å²) in [4.78, 5) is 13.0. The molecule has 0 amide bonds. The van der Waals surface area contributed by atoms with E-state index in [9.17, 15) is 4.39 Å². The summed E-state index contributed by atoms with van der Waals surface area (Å²) < 4.78 is 26.4. The third-order valence-electron chi connectivity index (χ3n) is 7.55. The number of aromatic nitrogens is 1. The molecule has 1 aromatic heterocycles. The summed E-state index contributed by atoms with van der Waals surface area (Å²) in [6, 6.07) is 14.5. The highest BCUT2D eigenvalue weighted by atomic mass is 19.1. The highest BCUT2D eigenvalue weighted by molar-refractivity contribution is 5.70. The SMILES string of the molecule is CC(=O)O.COc1cc(-c2ccc(COc3ccc4c(c3)CCC4)cc2C2CCCC2(C)C)c(F)cn1. The molecule has 0 spiro atoms. The molecule has 6 heteroatoms. The molecule has 1 unspecified atom stereocenters. The first kappa shape index (κ1) is 26.6. The molecule has 1 N–H and O–H groups in total. The first-order valence-electron chi connectivity index (χ1n) is 12.9. The highest BCUT2D eigenvalue weighted by Crippen LogP contribution is 2.51. The number of carbonyl (C=O) groups is 1. The summed E-state index contributed by atoms with van der Waals surface area (Å²) in [5.74, 6) is 0.556. The number of ether oxygens (including phenoxy) is 2. The fourth-order valence-corrected chi connectivity index (χ4v) is 5.68. The molecule has 5 rings (SSSR count). The summed E-state index contributed by atoms with van der Waals surface area (Å²) in [6.07, 6.45) is 8.28. The number of methoxy groups -OCH3 is 1. The average Bonchev–Trinajstić information content (AvgIpc) is 3.47. The summed E-state index contributed by atoms with van der Waals surface area (Å²) >= 11 is 0. The van der Waals surface area contributed by atoms with E-state index in [4.69, 9.17) is 19.4 Å². The van der Waals surface area contributed by atoms with E-state index in [2.05, 4.69) is 49.2 Å². The van der Waals surface area contributed by atoms with Crippen molar-refractivity contribution in [3.05, 3.63) is 76.7 Å². The molecule has 0 aliphatic heterocycles. The van der Waals surface area contributed by atoms with Gasteiger partial charge in [0.15, 0.2) is 0 Å². The van der Waals surface area contributed by atoms with E-state index in [1.165, 1.54) is 48.6 Å². The maximum atomic E-state index is 14.9. The van der Waals surface area contributed by atoms with Gasteiger partial charge in [0.2, 0.25) is 5.88 Å². The lowest BCUT2D eigenvalue weighted by atomic mass is 9.75. The molecular formula is C31H36FNO4. The number of nitrogens with zero attached hydrogens (tertiary/aromatic N) is 1. The van der Waals surface area contributed by atoms with Crippen LogP contribution >= 0.6 is 0 Å². The molecule has 5 nitrogen and oxygen atoms in total. The predicted molar refractivity (Wildman–Crippen MR) is 143 cm³/mol. The van der Waals surface area contributed by atoms with Crippen molar-refractivity contribution in [2.75, 3.05) is 7.11 Å². The van der Waals surface area contributed by atoms with Gasteiger partial charge in [0, 0.05) is 18.6 Å². The van der Waals surface area contributed by atoms with Gasteiger partial charge in [0.1, 0.15) is 18.2 Å². The van der Waals surface area contributed by atoms with Gasteiger partial charge in [-0.3, -0.25) is 4.79 Å². The van der Waals surface area contributed by atoms with Crippen molar-refractivity contribution in [3.8, 4) is 22.8 Å². The van der Waals surface area contributed by atoms with Crippen molar-refractivity contribution in [1.29, 1.82) is 0 Å². The van der Waals surface area contributed by atoms with Crippen LogP contribution in [0.5, 0.6) is 11.6 Å². The Morgan fingerprint density at radius 1 is 1.08 bits per heavy atom. The largest absolute Gasteiger partial charge is 0.489 e. The molecule has 2 aliphatic rings. The zero-order chi connectivity index (χ0) is 26.6. The summed E-state index contributed by atoms with van der Waals surface area (Å²) in [5, 5.41) is 7.42. The number of halogens is 1. The minimum atomic E-state index is -0.833. The van der Waals surface area contributed by atoms with Gasteiger partial charge in [-0.05, 0) is 83.4 Å². The lowest BCUT2D eigenvalue weighted by Crippen LogP contribution is -2.17. The number of fused-ring (bicyclic) bond motifs is 1. The predicted octanol–water partition coefficient (Wildman–Crippen LogP) is 7.35. The number of aliphatic carboxylic acids is 1. The summed E-state index contributed by atoms with van der Waals surface area (Å²) in [6.45, 7) is 6.23. The van der Waals surface area contributed by atoms with Crippen LogP contribution in [-0.4, -0.2) is 23.2 Å². The lowest BCUT2D eigenvalue weighted by Gasteiger charge is -2.30. The van der Waals surface area contributed by atoms with Crippen LogP contribution in [0.25, 0.3) is 11.1 Å². The number of carboxylic acids is 1. The van der Waals surface area contributed by atoms with Crippen LogP contribution in [-0.2, 0) is 24.2 Å². The van der Waals surface area contributed by atoms with E-state index >= 15 is 0 Å². The highest BCUT2D eigenvalue weighted by Gasteiger charge is 2.37. The zero-order valence-electron chi connectivity index (χ0n) is 22.1. The van der Waals surface area contributed by atoms with E-state index in [0.29, 0.717) is 24.0 Å². The van der Waals surface area contributed by atoms with Gasteiger partial charge in [-0.2, -0.15) is 0 Å². The van der Waals surface area contributed by atoms with Crippen molar-refractivity contribution < 1.29 is 23.8 Å². The molecule has 2 aliphatic carbocycles. The Kier molecular flexibility index (Phi) is 8.16. The van der Waals surface area contributed by atoms with Crippen LogP contribution in [0.4, 0.5) is 4.39 Å². The molecule has 0 bridgehead atoms. The van der Waals surface area contributed by atoms with E-state index in [1.54, 1.807) is 13.2 Å². The van der Waals surface area contributed by atoms with Gasteiger partial charge >= 0.3 is 0 Å². The third kappa shape index (κ3) is 6.30. The van der Waals surface area contributed by atoms with Crippen molar-refractivity contribution in [1.82, 2.24) is 4.98 Å². The molecule has 0 radical (unpaired) electrons. The van der Waals surface area contributed by atoms with Crippen LogP contribution in [0.1, 0.15) is 74.6 Å². The van der Waals surface area contributed by atoms with Crippen molar-refractivity contribution in [2.24, 2.45) is 5.41 Å². The summed E-state index contributed by atoms with van der Waals surface area (Å²) in [7, 11) is 1.56. The number of hydrogen-bond acceptors (Lipinski definition) is 4. The fourth-order valence-electron chi connectivity index (χ4n) is 5.68. The first-order chi connectivity index (χ1) is 17.7. The van der Waals surface area contributed by atoms with Gasteiger partial charge in [0.05, 0.1) is 13.3 Å². The fraction of sp³-hybridized carbons (Fsp3) is 0.419. The lowest BCUT2D eigenvalue weighted by molar-refractivity contribution is -0.134. The van der Waals surface area contributed by atoms with Crippen LogP contribution < -0.4 is 9.47 Å². The Bertz CT molecular complexity index is 1270. The van der Waals surface area contributed by atoms with Crippen molar-refractivity contribution >= 4 is 5.97 Å². The summed E-state index contributed by atoms with van der Waals surface area (Å²) in [5.41, 5.74) is 6.81. The van der Waals surface area contributed by atoms with Crippen molar-refractivity contribution in [3.63, 3.8) is 0 Å². The van der Waals surface area contributed by atoms with Crippen LogP contribution in [0.2, 0.25) is 0 Å². The number of carboxylic acid groups (broad SMARTS) is 1. The Balaban J connectivity index is 0.000000747. The first-order valence-corrected chi connectivity index (χ1v) is 12.9. The van der Waals surface area contributed by atoms with Gasteiger partial charge in [-0.1, -0.05) is 44.5 Å². The number of benzene rings is 2. The smallest absolute Gasteiger partial charge is 0.300 e. The standard InChI is InChI=1S/C29H32FNO2.C2H4O2/c1-29(2)13-5-8-26(29)24-14-19(18-33-22-11-10-20-6-4-7-21(20)15-22)9-12-23(24)25-16-28(32-3)31-17-27(25)30;1-2(3)4/h9-12,14-17,26H,4-8,13,18H2,1-3H3;1H3,(H,3,4). The maximum absolute atomic E-state index is 14.9. The molecule has 196 valence electrons.